The van der Waals surface area contributed by atoms with Crippen LogP contribution >= 0.6 is 0 Å². The highest BCUT2D eigenvalue weighted by atomic mass is 19.1. The third-order valence-electron chi connectivity index (χ3n) is 2.49. The largest absolute Gasteiger partial charge is 0.306 e. The molecule has 1 aromatic heterocycles. The number of nitrogens with zero attached hydrogens (tertiary/aromatic N) is 3. The molecule has 0 fully saturated rings. The Labute approximate surface area is 104 Å². The van der Waals surface area contributed by atoms with Gasteiger partial charge in [-0.15, -0.1) is 5.10 Å². The first kappa shape index (κ1) is 12.2. The van der Waals surface area contributed by atoms with E-state index in [1.165, 1.54) is 17.0 Å². The van der Waals surface area contributed by atoms with E-state index in [1.54, 1.807) is 19.1 Å². The van der Waals surface area contributed by atoms with Crippen LogP contribution in [0.25, 0.3) is 0 Å². The first-order chi connectivity index (χ1) is 8.61. The summed E-state index contributed by atoms with van der Waals surface area (Å²) in [7, 11) is 0. The molecule has 0 saturated heterocycles. The number of nitrogens with one attached hydrogen (secondary N) is 1. The smallest absolute Gasteiger partial charge is 0.297 e. The van der Waals surface area contributed by atoms with Gasteiger partial charge in [0.15, 0.2) is 0 Å². The molecule has 1 amide bonds. The van der Waals surface area contributed by atoms with E-state index in [9.17, 15) is 9.18 Å². The lowest BCUT2D eigenvalue weighted by Crippen LogP contribution is -2.31. The van der Waals surface area contributed by atoms with Gasteiger partial charge in [-0.05, 0) is 38.1 Å². The third-order valence-corrected chi connectivity index (χ3v) is 2.49. The molecule has 18 heavy (non-hydrogen) atoms. The lowest BCUT2D eigenvalue weighted by Gasteiger charge is -2.19. The molecule has 6 heteroatoms. The number of rotatable bonds is 3. The van der Waals surface area contributed by atoms with E-state index in [-0.39, 0.29) is 17.5 Å². The highest BCUT2D eigenvalue weighted by Gasteiger charge is 2.19. The fourth-order valence-electron chi connectivity index (χ4n) is 1.62. The van der Waals surface area contributed by atoms with Gasteiger partial charge in [0.2, 0.25) is 5.82 Å². The summed E-state index contributed by atoms with van der Waals surface area (Å²) in [5.41, 5.74) is 0.617. The van der Waals surface area contributed by atoms with Crippen LogP contribution in [-0.2, 0) is 0 Å². The van der Waals surface area contributed by atoms with Crippen LogP contribution in [0.3, 0.4) is 0 Å². The predicted molar refractivity (Wildman–Crippen MR) is 64.9 cm³/mol. The zero-order valence-electron chi connectivity index (χ0n) is 10.1. The number of hydrogen-bond acceptors (Lipinski definition) is 3. The van der Waals surface area contributed by atoms with Gasteiger partial charge in [0, 0.05) is 12.2 Å². The number of amides is 1. The average molecular weight is 248 g/mol. The van der Waals surface area contributed by atoms with Crippen molar-refractivity contribution >= 4 is 11.6 Å². The predicted octanol–water partition coefficient (Wildman–Crippen LogP) is 1.92. The molecule has 0 aliphatic carbocycles. The van der Waals surface area contributed by atoms with Crippen LogP contribution in [0.1, 0.15) is 23.4 Å². The molecule has 1 aromatic carbocycles. The van der Waals surface area contributed by atoms with Crippen LogP contribution in [0, 0.1) is 12.7 Å². The van der Waals surface area contributed by atoms with E-state index in [0.717, 1.165) is 0 Å². The van der Waals surface area contributed by atoms with Crippen LogP contribution in [-0.4, -0.2) is 27.6 Å². The topological polar surface area (TPSA) is 61.9 Å². The van der Waals surface area contributed by atoms with Crippen molar-refractivity contribution in [1.82, 2.24) is 15.2 Å². The van der Waals surface area contributed by atoms with E-state index in [2.05, 4.69) is 15.2 Å². The number of carbonyl (C=O) groups excluding carboxylic acids is 1. The normalized spacial score (nSPS) is 10.4. The molecule has 1 heterocycles. The molecule has 0 spiro atoms. The molecule has 0 saturated carbocycles. The third kappa shape index (κ3) is 2.37. The van der Waals surface area contributed by atoms with Crippen molar-refractivity contribution in [2.45, 2.75) is 13.8 Å². The Morgan fingerprint density at radius 2 is 2.06 bits per heavy atom. The van der Waals surface area contributed by atoms with Crippen molar-refractivity contribution in [3.8, 4) is 0 Å². The van der Waals surface area contributed by atoms with Crippen molar-refractivity contribution in [1.29, 1.82) is 0 Å². The Bertz CT molecular complexity index is 549. The Balaban J connectivity index is 2.28. The number of aromatic amines is 1. The van der Waals surface area contributed by atoms with Crippen molar-refractivity contribution in [3.63, 3.8) is 0 Å². The van der Waals surface area contributed by atoms with Gasteiger partial charge in [-0.25, -0.2) is 9.37 Å². The molecule has 2 aromatic rings. The maximum absolute atomic E-state index is 12.8. The number of carbonyl (C=O) groups is 1. The summed E-state index contributed by atoms with van der Waals surface area (Å²) < 4.78 is 12.8. The maximum atomic E-state index is 12.8. The molecule has 94 valence electrons. The minimum absolute atomic E-state index is 0.110. The van der Waals surface area contributed by atoms with Crippen LogP contribution in [0.15, 0.2) is 24.3 Å². The molecule has 0 bridgehead atoms. The lowest BCUT2D eigenvalue weighted by atomic mass is 10.2. The summed E-state index contributed by atoms with van der Waals surface area (Å²) in [5, 5.41) is 6.45. The van der Waals surface area contributed by atoms with Gasteiger partial charge in [-0.3, -0.25) is 9.89 Å². The molecule has 0 atom stereocenters. The first-order valence-electron chi connectivity index (χ1n) is 5.58. The van der Waals surface area contributed by atoms with Gasteiger partial charge in [-0.2, -0.15) is 0 Å². The summed E-state index contributed by atoms with van der Waals surface area (Å²) in [6.07, 6.45) is 0. The summed E-state index contributed by atoms with van der Waals surface area (Å²) >= 11 is 0. The van der Waals surface area contributed by atoms with Gasteiger partial charge in [-0.1, -0.05) is 0 Å². The highest BCUT2D eigenvalue weighted by molar-refractivity contribution is 6.03. The van der Waals surface area contributed by atoms with Crippen molar-refractivity contribution in [2.75, 3.05) is 11.4 Å². The van der Waals surface area contributed by atoms with Crippen LogP contribution < -0.4 is 4.90 Å². The lowest BCUT2D eigenvalue weighted by molar-refractivity contribution is 0.0978. The quantitative estimate of drug-likeness (QED) is 0.902. The van der Waals surface area contributed by atoms with E-state index < -0.39 is 0 Å². The summed E-state index contributed by atoms with van der Waals surface area (Å²) in [6.45, 7) is 4.01. The molecule has 0 aliphatic rings. The number of benzene rings is 1. The van der Waals surface area contributed by atoms with E-state index in [4.69, 9.17) is 0 Å². The molecule has 1 N–H and O–H groups in total. The van der Waals surface area contributed by atoms with E-state index in [0.29, 0.717) is 18.1 Å². The summed E-state index contributed by atoms with van der Waals surface area (Å²) in [6, 6.07) is 5.73. The number of hydrogen-bond donors (Lipinski definition) is 1. The minimum atomic E-state index is -0.337. The van der Waals surface area contributed by atoms with Crippen molar-refractivity contribution in [3.05, 3.63) is 41.7 Å². The number of halogens is 1. The van der Waals surface area contributed by atoms with Crippen LogP contribution in [0.2, 0.25) is 0 Å². The molecule has 5 nitrogen and oxygen atoms in total. The number of aryl methyl sites for hydroxylation is 1. The molecule has 0 unspecified atom stereocenters. The second-order valence-corrected chi connectivity index (χ2v) is 3.77. The molecular weight excluding hydrogens is 235 g/mol. The van der Waals surface area contributed by atoms with Gasteiger partial charge >= 0.3 is 0 Å². The second-order valence-electron chi connectivity index (χ2n) is 3.77. The van der Waals surface area contributed by atoms with Crippen molar-refractivity contribution in [2.24, 2.45) is 0 Å². The SMILES string of the molecule is CCN(C(=O)c1n[nH]c(C)n1)c1ccc(F)cc1. The van der Waals surface area contributed by atoms with Gasteiger partial charge in [0.25, 0.3) is 5.91 Å². The number of aromatic nitrogens is 3. The maximum Gasteiger partial charge on any atom is 0.297 e. The monoisotopic (exact) mass is 248 g/mol. The Morgan fingerprint density at radius 3 is 2.56 bits per heavy atom. The first-order valence-corrected chi connectivity index (χ1v) is 5.58. The number of anilines is 1. The molecule has 0 radical (unpaired) electrons. The highest BCUT2D eigenvalue weighted by Crippen LogP contribution is 2.16. The Morgan fingerprint density at radius 1 is 1.39 bits per heavy atom. The van der Waals surface area contributed by atoms with E-state index in [1.807, 2.05) is 6.92 Å². The van der Waals surface area contributed by atoms with Gasteiger partial charge in [0.05, 0.1) is 0 Å². The van der Waals surface area contributed by atoms with Gasteiger partial charge < -0.3 is 4.90 Å². The fourth-order valence-corrected chi connectivity index (χ4v) is 1.62. The standard InChI is InChI=1S/C12H13FN4O/c1-3-17(10-6-4-9(13)5-7-10)12(18)11-14-8(2)15-16-11/h4-7H,3H2,1-2H3,(H,14,15,16). The molecular formula is C12H13FN4O. The average Bonchev–Trinajstić information content (AvgIpc) is 2.79. The van der Waals surface area contributed by atoms with Gasteiger partial charge in [0.1, 0.15) is 11.6 Å². The van der Waals surface area contributed by atoms with E-state index >= 15 is 0 Å². The number of H-pyrrole nitrogens is 1. The summed E-state index contributed by atoms with van der Waals surface area (Å²) in [5.74, 6) is 0.0385. The zero-order chi connectivity index (χ0) is 13.1. The summed E-state index contributed by atoms with van der Waals surface area (Å²) in [4.78, 5) is 17.6. The Kier molecular flexibility index (Phi) is 3.36. The fraction of sp³-hybridized carbons (Fsp3) is 0.250. The zero-order valence-corrected chi connectivity index (χ0v) is 10.1. The van der Waals surface area contributed by atoms with Crippen LogP contribution in [0.5, 0.6) is 0 Å². The van der Waals surface area contributed by atoms with Crippen molar-refractivity contribution < 1.29 is 9.18 Å². The van der Waals surface area contributed by atoms with Crippen LogP contribution in [0.4, 0.5) is 10.1 Å². The molecule has 2 rings (SSSR count). The second kappa shape index (κ2) is 4.95. The Hall–Kier alpha value is -2.24. The minimum Gasteiger partial charge on any atom is -0.306 e. The molecule has 0 aliphatic heterocycles.